The van der Waals surface area contributed by atoms with E-state index in [1.807, 2.05) is 24.3 Å². The molecule has 1 heterocycles. The van der Waals surface area contributed by atoms with Gasteiger partial charge in [-0.05, 0) is 29.5 Å². The molecule has 3 heteroatoms. The lowest BCUT2D eigenvalue weighted by atomic mass is 9.87. The van der Waals surface area contributed by atoms with Crippen molar-refractivity contribution in [3.05, 3.63) is 29.8 Å². The van der Waals surface area contributed by atoms with Gasteiger partial charge in [-0.2, -0.15) is 0 Å². The Kier molecular flexibility index (Phi) is 3.24. The lowest BCUT2D eigenvalue weighted by Gasteiger charge is -2.23. The first kappa shape index (κ1) is 12.8. The maximum Gasteiger partial charge on any atom is 0.227 e. The second kappa shape index (κ2) is 4.56. The molecule has 1 atom stereocenters. The van der Waals surface area contributed by atoms with Crippen LogP contribution in [0.3, 0.4) is 0 Å². The van der Waals surface area contributed by atoms with Gasteiger partial charge in [0.15, 0.2) is 0 Å². The predicted molar refractivity (Wildman–Crippen MR) is 71.7 cm³/mol. The molecule has 1 saturated heterocycles. The first-order valence-electron chi connectivity index (χ1n) is 6.31. The third kappa shape index (κ3) is 2.30. The average Bonchev–Trinajstić information content (AvgIpc) is 2.69. The summed E-state index contributed by atoms with van der Waals surface area (Å²) in [6.45, 7) is 6.45. The van der Waals surface area contributed by atoms with E-state index in [-0.39, 0.29) is 17.4 Å². The summed E-state index contributed by atoms with van der Waals surface area (Å²) >= 11 is 0. The lowest BCUT2D eigenvalue weighted by Crippen LogP contribution is -2.33. The van der Waals surface area contributed by atoms with E-state index in [0.717, 1.165) is 12.0 Å². The van der Waals surface area contributed by atoms with Gasteiger partial charge >= 0.3 is 0 Å². The second-order valence-electron chi connectivity index (χ2n) is 5.80. The largest absolute Gasteiger partial charge is 0.302 e. The van der Waals surface area contributed by atoms with E-state index in [9.17, 15) is 9.59 Å². The van der Waals surface area contributed by atoms with Gasteiger partial charge in [0.2, 0.25) is 5.91 Å². The SMILES string of the molecule is CC(C)(C)c1ccc(N2C(=O)CCC2C=O)cc1. The summed E-state index contributed by atoms with van der Waals surface area (Å²) in [5.74, 6) is 0.0376. The first-order valence-corrected chi connectivity index (χ1v) is 6.31. The van der Waals surface area contributed by atoms with E-state index < -0.39 is 0 Å². The molecule has 0 aromatic heterocycles. The standard InChI is InChI=1S/C15H19NO2/c1-15(2,3)11-4-6-12(7-5-11)16-13(10-17)8-9-14(16)18/h4-7,10,13H,8-9H2,1-3H3. The number of rotatable bonds is 2. The minimum absolute atomic E-state index is 0.0376. The predicted octanol–water partition coefficient (Wildman–Crippen LogP) is 2.68. The van der Waals surface area contributed by atoms with Crippen LogP contribution in [0.4, 0.5) is 5.69 Å². The average molecular weight is 245 g/mol. The molecule has 1 aromatic carbocycles. The van der Waals surface area contributed by atoms with E-state index in [2.05, 4.69) is 20.8 Å². The molecule has 1 aliphatic heterocycles. The van der Waals surface area contributed by atoms with Crippen LogP contribution in [0.25, 0.3) is 0 Å². The van der Waals surface area contributed by atoms with Crippen LogP contribution in [-0.2, 0) is 15.0 Å². The number of anilines is 1. The number of aldehydes is 1. The molecule has 0 bridgehead atoms. The number of amides is 1. The Morgan fingerprint density at radius 3 is 2.33 bits per heavy atom. The summed E-state index contributed by atoms with van der Waals surface area (Å²) in [5, 5.41) is 0. The van der Waals surface area contributed by atoms with Gasteiger partial charge < -0.3 is 9.69 Å². The topological polar surface area (TPSA) is 37.4 Å². The molecule has 2 rings (SSSR count). The van der Waals surface area contributed by atoms with Crippen molar-refractivity contribution in [2.75, 3.05) is 4.90 Å². The van der Waals surface area contributed by atoms with Crippen LogP contribution in [0.15, 0.2) is 24.3 Å². The Hall–Kier alpha value is -1.64. The number of nitrogens with zero attached hydrogens (tertiary/aromatic N) is 1. The number of carbonyl (C=O) groups is 2. The van der Waals surface area contributed by atoms with Crippen molar-refractivity contribution in [2.45, 2.75) is 45.1 Å². The van der Waals surface area contributed by atoms with Gasteiger partial charge in [0, 0.05) is 12.1 Å². The summed E-state index contributed by atoms with van der Waals surface area (Å²) in [4.78, 5) is 24.4. The molecule has 3 nitrogen and oxygen atoms in total. The van der Waals surface area contributed by atoms with Crippen molar-refractivity contribution in [3.8, 4) is 0 Å². The van der Waals surface area contributed by atoms with Crippen LogP contribution in [0.2, 0.25) is 0 Å². The van der Waals surface area contributed by atoms with Gasteiger partial charge in [0.25, 0.3) is 0 Å². The van der Waals surface area contributed by atoms with E-state index in [1.165, 1.54) is 5.56 Å². The van der Waals surface area contributed by atoms with Crippen molar-refractivity contribution < 1.29 is 9.59 Å². The molecule has 0 aliphatic carbocycles. The van der Waals surface area contributed by atoms with Gasteiger partial charge in [0.1, 0.15) is 6.29 Å². The second-order valence-corrected chi connectivity index (χ2v) is 5.80. The molecule has 1 unspecified atom stereocenters. The van der Waals surface area contributed by atoms with Crippen molar-refractivity contribution in [1.82, 2.24) is 0 Å². The van der Waals surface area contributed by atoms with E-state index >= 15 is 0 Å². The molecule has 1 aliphatic rings. The van der Waals surface area contributed by atoms with Crippen molar-refractivity contribution in [3.63, 3.8) is 0 Å². The maximum atomic E-state index is 11.8. The zero-order valence-electron chi connectivity index (χ0n) is 11.1. The number of hydrogen-bond donors (Lipinski definition) is 0. The highest BCUT2D eigenvalue weighted by Gasteiger charge is 2.31. The summed E-state index contributed by atoms with van der Waals surface area (Å²) < 4.78 is 0. The van der Waals surface area contributed by atoms with E-state index in [4.69, 9.17) is 0 Å². The molecule has 96 valence electrons. The third-order valence-electron chi connectivity index (χ3n) is 3.42. The molecule has 1 amide bonds. The Balaban J connectivity index is 2.29. The zero-order valence-corrected chi connectivity index (χ0v) is 11.1. The molecule has 18 heavy (non-hydrogen) atoms. The Morgan fingerprint density at radius 2 is 1.83 bits per heavy atom. The van der Waals surface area contributed by atoms with E-state index in [0.29, 0.717) is 12.8 Å². The van der Waals surface area contributed by atoms with Crippen LogP contribution in [0, 0.1) is 0 Å². The monoisotopic (exact) mass is 245 g/mol. The summed E-state index contributed by atoms with van der Waals surface area (Å²) in [6.07, 6.45) is 1.95. The third-order valence-corrected chi connectivity index (χ3v) is 3.42. The minimum Gasteiger partial charge on any atom is -0.302 e. The maximum absolute atomic E-state index is 11.8. The highest BCUT2D eigenvalue weighted by Crippen LogP contribution is 2.29. The number of carbonyl (C=O) groups excluding carboxylic acids is 2. The summed E-state index contributed by atoms with van der Waals surface area (Å²) in [5.41, 5.74) is 2.14. The molecule has 0 radical (unpaired) electrons. The van der Waals surface area contributed by atoms with Gasteiger partial charge in [-0.25, -0.2) is 0 Å². The Labute approximate surface area is 108 Å². The minimum atomic E-state index is -0.294. The van der Waals surface area contributed by atoms with Crippen LogP contribution < -0.4 is 4.90 Å². The quantitative estimate of drug-likeness (QED) is 0.751. The molecular formula is C15H19NO2. The lowest BCUT2D eigenvalue weighted by molar-refractivity contribution is -0.118. The van der Waals surface area contributed by atoms with Gasteiger partial charge in [0.05, 0.1) is 6.04 Å². The highest BCUT2D eigenvalue weighted by atomic mass is 16.2. The van der Waals surface area contributed by atoms with Crippen LogP contribution >= 0.6 is 0 Å². The Morgan fingerprint density at radius 1 is 1.22 bits per heavy atom. The zero-order chi connectivity index (χ0) is 13.3. The molecule has 0 N–H and O–H groups in total. The molecule has 0 saturated carbocycles. The van der Waals surface area contributed by atoms with Crippen LogP contribution in [0.1, 0.15) is 39.2 Å². The first-order chi connectivity index (χ1) is 8.43. The highest BCUT2D eigenvalue weighted by molar-refractivity contribution is 6.00. The van der Waals surface area contributed by atoms with Gasteiger partial charge in [-0.3, -0.25) is 4.79 Å². The fraction of sp³-hybridized carbons (Fsp3) is 0.467. The normalized spacial score (nSPS) is 20.3. The van der Waals surface area contributed by atoms with Crippen LogP contribution in [-0.4, -0.2) is 18.2 Å². The molecule has 1 fully saturated rings. The summed E-state index contributed by atoms with van der Waals surface area (Å²) in [7, 11) is 0. The van der Waals surface area contributed by atoms with Crippen LogP contribution in [0.5, 0.6) is 0 Å². The van der Waals surface area contributed by atoms with E-state index in [1.54, 1.807) is 4.90 Å². The van der Waals surface area contributed by atoms with Gasteiger partial charge in [-0.1, -0.05) is 32.9 Å². The smallest absolute Gasteiger partial charge is 0.227 e. The van der Waals surface area contributed by atoms with Crippen molar-refractivity contribution in [1.29, 1.82) is 0 Å². The summed E-state index contributed by atoms with van der Waals surface area (Å²) in [6, 6.07) is 7.63. The fourth-order valence-electron chi connectivity index (χ4n) is 2.29. The molecular weight excluding hydrogens is 226 g/mol. The van der Waals surface area contributed by atoms with Gasteiger partial charge in [-0.15, -0.1) is 0 Å². The molecule has 1 aromatic rings. The Bertz CT molecular complexity index is 456. The fourth-order valence-corrected chi connectivity index (χ4v) is 2.29. The number of hydrogen-bond acceptors (Lipinski definition) is 2. The van der Waals surface area contributed by atoms with Crippen molar-refractivity contribution >= 4 is 17.9 Å². The van der Waals surface area contributed by atoms with Crippen molar-refractivity contribution in [2.24, 2.45) is 0 Å². The molecule has 0 spiro atoms. The number of benzene rings is 1.